The Morgan fingerprint density at radius 2 is 1.92 bits per heavy atom. The summed E-state index contributed by atoms with van der Waals surface area (Å²) in [5, 5.41) is 0. The molecule has 0 saturated carbocycles. The standard InChI is InChI=1S/C19H29N3O.2ClH/c1-2-10-21-11-6-9-18(21)19(23)22-13-16(12-20)17(14-22)15-7-4-3-5-8-15;;/h3-5,7-8,16-18H,2,6,9-14,20H2,1H3;2*1H/t16-,17+,18?;;/m1../s1. The number of carbonyl (C=O) groups excluding carboxylic acids is 1. The fraction of sp³-hybridized carbons (Fsp3) is 0.632. The second kappa shape index (κ2) is 10.4. The Morgan fingerprint density at radius 1 is 1.20 bits per heavy atom. The largest absolute Gasteiger partial charge is 0.340 e. The lowest BCUT2D eigenvalue weighted by Crippen LogP contribution is -2.45. The molecule has 1 unspecified atom stereocenters. The Balaban J connectivity index is 0.00000156. The number of likely N-dealkylation sites (tertiary alicyclic amines) is 2. The van der Waals surface area contributed by atoms with E-state index in [4.69, 9.17) is 5.73 Å². The first-order valence-electron chi connectivity index (χ1n) is 9.02. The lowest BCUT2D eigenvalue weighted by Gasteiger charge is -2.27. The highest BCUT2D eigenvalue weighted by Crippen LogP contribution is 2.33. The topological polar surface area (TPSA) is 49.6 Å². The second-order valence-electron chi connectivity index (χ2n) is 6.95. The van der Waals surface area contributed by atoms with Gasteiger partial charge in [0.25, 0.3) is 0 Å². The van der Waals surface area contributed by atoms with E-state index in [-0.39, 0.29) is 30.9 Å². The van der Waals surface area contributed by atoms with Gasteiger partial charge in [0.1, 0.15) is 0 Å². The first-order valence-corrected chi connectivity index (χ1v) is 9.02. The Labute approximate surface area is 163 Å². The van der Waals surface area contributed by atoms with Crippen LogP contribution in [0.2, 0.25) is 0 Å². The predicted molar refractivity (Wildman–Crippen MR) is 108 cm³/mol. The van der Waals surface area contributed by atoms with E-state index in [9.17, 15) is 4.79 Å². The minimum Gasteiger partial charge on any atom is -0.340 e. The molecule has 3 atom stereocenters. The Kier molecular flexibility index (Phi) is 9.22. The predicted octanol–water partition coefficient (Wildman–Crippen LogP) is 2.91. The van der Waals surface area contributed by atoms with Crippen LogP contribution in [0.1, 0.15) is 37.7 Å². The molecular weight excluding hydrogens is 357 g/mol. The summed E-state index contributed by atoms with van der Waals surface area (Å²) >= 11 is 0. The molecular formula is C19H31Cl2N3O. The maximum atomic E-state index is 13.0. The molecule has 2 heterocycles. The molecule has 0 aromatic heterocycles. The number of halogens is 2. The number of nitrogens with two attached hydrogens (primary N) is 1. The van der Waals surface area contributed by atoms with Crippen LogP contribution < -0.4 is 5.73 Å². The van der Waals surface area contributed by atoms with Gasteiger partial charge in [0.2, 0.25) is 5.91 Å². The summed E-state index contributed by atoms with van der Waals surface area (Å²) in [5.74, 6) is 1.08. The molecule has 6 heteroatoms. The van der Waals surface area contributed by atoms with Gasteiger partial charge in [-0.05, 0) is 50.4 Å². The van der Waals surface area contributed by atoms with E-state index in [1.165, 1.54) is 5.56 Å². The van der Waals surface area contributed by atoms with Gasteiger partial charge in [-0.25, -0.2) is 0 Å². The monoisotopic (exact) mass is 387 g/mol. The summed E-state index contributed by atoms with van der Waals surface area (Å²) in [6, 6.07) is 10.6. The van der Waals surface area contributed by atoms with Gasteiger partial charge in [-0.1, -0.05) is 37.3 Å². The fourth-order valence-corrected chi connectivity index (χ4v) is 4.24. The first-order chi connectivity index (χ1) is 11.2. The molecule has 2 aliphatic heterocycles. The lowest BCUT2D eigenvalue weighted by atomic mass is 9.89. The molecule has 0 radical (unpaired) electrons. The number of hydrogen-bond donors (Lipinski definition) is 1. The third kappa shape index (κ3) is 4.88. The minimum atomic E-state index is 0. The van der Waals surface area contributed by atoms with Crippen LogP contribution in [0.25, 0.3) is 0 Å². The van der Waals surface area contributed by atoms with E-state index in [0.717, 1.165) is 45.4 Å². The second-order valence-corrected chi connectivity index (χ2v) is 6.95. The molecule has 0 aliphatic carbocycles. The van der Waals surface area contributed by atoms with E-state index < -0.39 is 0 Å². The van der Waals surface area contributed by atoms with Crippen molar-refractivity contribution in [1.29, 1.82) is 0 Å². The van der Waals surface area contributed by atoms with Crippen LogP contribution in [0.5, 0.6) is 0 Å². The summed E-state index contributed by atoms with van der Waals surface area (Å²) < 4.78 is 0. The number of rotatable bonds is 5. The number of nitrogens with zero attached hydrogens (tertiary/aromatic N) is 2. The maximum Gasteiger partial charge on any atom is 0.239 e. The molecule has 2 N–H and O–H groups in total. The van der Waals surface area contributed by atoms with Gasteiger partial charge in [0.15, 0.2) is 0 Å². The minimum absolute atomic E-state index is 0. The zero-order valence-corrected chi connectivity index (χ0v) is 16.6. The zero-order valence-electron chi connectivity index (χ0n) is 15.0. The molecule has 25 heavy (non-hydrogen) atoms. The van der Waals surface area contributed by atoms with E-state index in [0.29, 0.717) is 24.3 Å². The molecule has 0 bridgehead atoms. The molecule has 142 valence electrons. The van der Waals surface area contributed by atoms with Crippen LogP contribution in [0, 0.1) is 5.92 Å². The van der Waals surface area contributed by atoms with Crippen molar-refractivity contribution < 1.29 is 4.79 Å². The lowest BCUT2D eigenvalue weighted by molar-refractivity contribution is -0.135. The van der Waals surface area contributed by atoms with Crippen LogP contribution in [0.4, 0.5) is 0 Å². The molecule has 1 aromatic rings. The third-order valence-electron chi connectivity index (χ3n) is 5.44. The summed E-state index contributed by atoms with van der Waals surface area (Å²) in [7, 11) is 0. The SMILES string of the molecule is CCCN1CCCC1C(=O)N1C[C@@H](CN)[C@H](c2ccccc2)C1.Cl.Cl. The van der Waals surface area contributed by atoms with Gasteiger partial charge < -0.3 is 10.6 Å². The quantitative estimate of drug-likeness (QED) is 0.844. The molecule has 1 amide bonds. The number of hydrogen-bond acceptors (Lipinski definition) is 3. The third-order valence-corrected chi connectivity index (χ3v) is 5.44. The number of carbonyl (C=O) groups is 1. The van der Waals surface area contributed by atoms with E-state index in [1.807, 2.05) is 6.07 Å². The van der Waals surface area contributed by atoms with Crippen LogP contribution in [0.3, 0.4) is 0 Å². The van der Waals surface area contributed by atoms with Crippen molar-refractivity contribution in [3.8, 4) is 0 Å². The van der Waals surface area contributed by atoms with E-state index in [1.54, 1.807) is 0 Å². The van der Waals surface area contributed by atoms with Crippen molar-refractivity contribution in [3.05, 3.63) is 35.9 Å². The summed E-state index contributed by atoms with van der Waals surface area (Å²) in [6.07, 6.45) is 3.27. The molecule has 2 aliphatic rings. The summed E-state index contributed by atoms with van der Waals surface area (Å²) in [4.78, 5) is 17.5. The van der Waals surface area contributed by atoms with Crippen molar-refractivity contribution in [2.75, 3.05) is 32.7 Å². The number of amides is 1. The van der Waals surface area contributed by atoms with Gasteiger partial charge in [-0.2, -0.15) is 0 Å². The van der Waals surface area contributed by atoms with Gasteiger partial charge in [-0.3, -0.25) is 9.69 Å². The van der Waals surface area contributed by atoms with E-state index in [2.05, 4.69) is 41.0 Å². The van der Waals surface area contributed by atoms with Crippen molar-refractivity contribution in [1.82, 2.24) is 9.80 Å². The first kappa shape index (κ1) is 22.2. The van der Waals surface area contributed by atoms with Crippen LogP contribution >= 0.6 is 24.8 Å². The van der Waals surface area contributed by atoms with Gasteiger partial charge >= 0.3 is 0 Å². The molecule has 2 saturated heterocycles. The highest BCUT2D eigenvalue weighted by atomic mass is 35.5. The van der Waals surface area contributed by atoms with Crippen LogP contribution in [-0.4, -0.2) is 54.5 Å². The highest BCUT2D eigenvalue weighted by molar-refractivity contribution is 5.85. The Bertz CT molecular complexity index is 529. The molecule has 2 fully saturated rings. The molecule has 4 nitrogen and oxygen atoms in total. The van der Waals surface area contributed by atoms with E-state index >= 15 is 0 Å². The maximum absolute atomic E-state index is 13.0. The van der Waals surface area contributed by atoms with Crippen LogP contribution in [0.15, 0.2) is 30.3 Å². The highest BCUT2D eigenvalue weighted by Gasteiger charge is 2.40. The van der Waals surface area contributed by atoms with Gasteiger partial charge in [0, 0.05) is 19.0 Å². The normalized spacial score (nSPS) is 26.2. The molecule has 3 rings (SSSR count). The smallest absolute Gasteiger partial charge is 0.239 e. The van der Waals surface area contributed by atoms with Crippen LogP contribution in [-0.2, 0) is 4.79 Å². The Morgan fingerprint density at radius 3 is 2.56 bits per heavy atom. The average molecular weight is 388 g/mol. The zero-order chi connectivity index (χ0) is 16.2. The summed E-state index contributed by atoms with van der Waals surface area (Å²) in [6.45, 7) is 6.57. The van der Waals surface area contributed by atoms with Crippen molar-refractivity contribution in [2.45, 2.75) is 38.1 Å². The van der Waals surface area contributed by atoms with Crippen molar-refractivity contribution in [3.63, 3.8) is 0 Å². The molecule has 1 aromatic carbocycles. The molecule has 0 spiro atoms. The average Bonchev–Trinajstić information content (AvgIpc) is 3.22. The Hall–Kier alpha value is -0.810. The van der Waals surface area contributed by atoms with Gasteiger partial charge in [-0.15, -0.1) is 24.8 Å². The summed E-state index contributed by atoms with van der Waals surface area (Å²) in [5.41, 5.74) is 7.32. The van der Waals surface area contributed by atoms with Crippen molar-refractivity contribution in [2.24, 2.45) is 11.7 Å². The fourth-order valence-electron chi connectivity index (χ4n) is 4.24. The van der Waals surface area contributed by atoms with Gasteiger partial charge in [0.05, 0.1) is 6.04 Å². The number of benzene rings is 1. The van der Waals surface area contributed by atoms with Crippen molar-refractivity contribution >= 4 is 30.7 Å².